The van der Waals surface area contributed by atoms with Crippen LogP contribution >= 0.6 is 27.5 Å². The van der Waals surface area contributed by atoms with Gasteiger partial charge < -0.3 is 5.32 Å². The van der Waals surface area contributed by atoms with E-state index < -0.39 is 0 Å². The van der Waals surface area contributed by atoms with Gasteiger partial charge in [-0.05, 0) is 51.8 Å². The summed E-state index contributed by atoms with van der Waals surface area (Å²) < 4.78 is 13.5. The minimum Gasteiger partial charge on any atom is -0.375 e. The van der Waals surface area contributed by atoms with Crippen molar-refractivity contribution in [1.29, 1.82) is 0 Å². The highest BCUT2D eigenvalue weighted by atomic mass is 79.9. The topological polar surface area (TPSA) is 53.5 Å². The van der Waals surface area contributed by atoms with E-state index in [1.165, 1.54) is 18.3 Å². The number of halogens is 3. The van der Waals surface area contributed by atoms with E-state index in [2.05, 4.69) is 31.8 Å². The molecule has 0 aliphatic carbocycles. The van der Waals surface area contributed by atoms with Crippen molar-refractivity contribution in [3.8, 4) is 0 Å². The normalized spacial score (nSPS) is 10.7. The largest absolute Gasteiger partial charge is 0.375 e. The highest BCUT2D eigenvalue weighted by Crippen LogP contribution is 2.25. The molecule has 7 heteroatoms. The van der Waals surface area contributed by atoms with Crippen LogP contribution < -0.4 is 10.7 Å². The van der Waals surface area contributed by atoms with Gasteiger partial charge in [0.05, 0.1) is 12.8 Å². The molecule has 4 nitrogen and oxygen atoms in total. The molecule has 0 aliphatic heterocycles. The van der Waals surface area contributed by atoms with Gasteiger partial charge in [-0.1, -0.05) is 23.7 Å². The van der Waals surface area contributed by atoms with Crippen LogP contribution in [0.3, 0.4) is 0 Å². The number of hydrogen-bond donors (Lipinski definition) is 2. The van der Waals surface area contributed by atoms with Crippen LogP contribution in [-0.2, 0) is 4.79 Å². The van der Waals surface area contributed by atoms with Crippen molar-refractivity contribution in [2.75, 3.05) is 11.9 Å². The number of carbonyl (C=O) groups is 1. The monoisotopic (exact) mass is 383 g/mol. The van der Waals surface area contributed by atoms with Crippen molar-refractivity contribution >= 4 is 45.3 Å². The van der Waals surface area contributed by atoms with Gasteiger partial charge in [-0.25, -0.2) is 9.82 Å². The molecule has 0 atom stereocenters. The summed E-state index contributed by atoms with van der Waals surface area (Å²) in [6.07, 6.45) is 1.44. The molecule has 2 rings (SSSR count). The molecule has 22 heavy (non-hydrogen) atoms. The van der Waals surface area contributed by atoms with Gasteiger partial charge in [0.15, 0.2) is 0 Å². The number of amides is 1. The third kappa shape index (κ3) is 5.13. The second-order valence-corrected chi connectivity index (χ2v) is 5.61. The van der Waals surface area contributed by atoms with Crippen molar-refractivity contribution in [2.45, 2.75) is 0 Å². The summed E-state index contributed by atoms with van der Waals surface area (Å²) in [7, 11) is 0. The molecule has 0 bridgehead atoms. The van der Waals surface area contributed by atoms with Crippen LogP contribution in [0.1, 0.15) is 5.56 Å². The highest BCUT2D eigenvalue weighted by molar-refractivity contribution is 9.10. The van der Waals surface area contributed by atoms with E-state index in [0.29, 0.717) is 10.6 Å². The Morgan fingerprint density at radius 3 is 2.68 bits per heavy atom. The first-order valence-electron chi connectivity index (χ1n) is 6.31. The Hall–Kier alpha value is -1.92. The van der Waals surface area contributed by atoms with Crippen LogP contribution in [0.15, 0.2) is 52.0 Å². The first-order chi connectivity index (χ1) is 10.5. The van der Waals surface area contributed by atoms with Gasteiger partial charge in [0, 0.05) is 15.2 Å². The van der Waals surface area contributed by atoms with Crippen LogP contribution in [0, 0.1) is 5.82 Å². The van der Waals surface area contributed by atoms with Gasteiger partial charge >= 0.3 is 0 Å². The summed E-state index contributed by atoms with van der Waals surface area (Å²) in [6, 6.07) is 11.0. The zero-order chi connectivity index (χ0) is 15.9. The minimum atomic E-state index is -0.320. The SMILES string of the molecule is O=C(CNc1ccc(Cl)cc1Br)N/N=C\c1ccc(F)cc1. The predicted octanol–water partition coefficient (Wildman–Crippen LogP) is 3.80. The molecule has 0 heterocycles. The molecule has 0 saturated heterocycles. The second-order valence-electron chi connectivity index (χ2n) is 4.32. The summed E-state index contributed by atoms with van der Waals surface area (Å²) in [5, 5.41) is 7.36. The molecule has 0 aromatic heterocycles. The fourth-order valence-corrected chi connectivity index (χ4v) is 2.40. The van der Waals surface area contributed by atoms with Crippen molar-refractivity contribution < 1.29 is 9.18 Å². The molecule has 0 unspecified atom stereocenters. The van der Waals surface area contributed by atoms with E-state index >= 15 is 0 Å². The zero-order valence-electron chi connectivity index (χ0n) is 11.3. The summed E-state index contributed by atoms with van der Waals surface area (Å²) in [5.74, 6) is -0.626. The lowest BCUT2D eigenvalue weighted by atomic mass is 10.2. The van der Waals surface area contributed by atoms with Crippen molar-refractivity contribution in [3.63, 3.8) is 0 Å². The number of nitrogens with zero attached hydrogens (tertiary/aromatic N) is 1. The van der Waals surface area contributed by atoms with E-state index in [0.717, 1.165) is 10.2 Å². The molecule has 0 saturated carbocycles. The Bertz CT molecular complexity index is 692. The number of anilines is 1. The standard InChI is InChI=1S/C15H12BrClFN3O/c16-13-7-11(17)3-6-14(13)19-9-15(22)21-20-8-10-1-4-12(18)5-2-10/h1-8,19H,9H2,(H,21,22)/b20-8-. The van der Waals surface area contributed by atoms with Crippen LogP contribution in [0.2, 0.25) is 5.02 Å². The van der Waals surface area contributed by atoms with Crippen molar-refractivity contribution in [3.05, 3.63) is 63.3 Å². The third-order valence-electron chi connectivity index (χ3n) is 2.64. The molecule has 1 amide bonds. The van der Waals surface area contributed by atoms with Gasteiger partial charge in [0.25, 0.3) is 5.91 Å². The van der Waals surface area contributed by atoms with Gasteiger partial charge in [0.1, 0.15) is 5.82 Å². The Balaban J connectivity index is 1.81. The first-order valence-corrected chi connectivity index (χ1v) is 7.48. The highest BCUT2D eigenvalue weighted by Gasteiger charge is 2.03. The van der Waals surface area contributed by atoms with Gasteiger partial charge in [0.2, 0.25) is 0 Å². The summed E-state index contributed by atoms with van der Waals surface area (Å²) in [5.41, 5.74) is 3.82. The molecule has 2 N–H and O–H groups in total. The molecule has 0 spiro atoms. The number of carbonyl (C=O) groups excluding carboxylic acids is 1. The Kier molecular flexibility index (Phi) is 5.91. The smallest absolute Gasteiger partial charge is 0.259 e. The van der Waals surface area contributed by atoms with Crippen LogP contribution in [0.5, 0.6) is 0 Å². The zero-order valence-corrected chi connectivity index (χ0v) is 13.7. The number of hydrazone groups is 1. The van der Waals surface area contributed by atoms with E-state index in [-0.39, 0.29) is 18.3 Å². The second kappa shape index (κ2) is 7.91. The molecule has 0 radical (unpaired) electrons. The number of benzene rings is 2. The molecule has 0 aliphatic rings. The summed E-state index contributed by atoms with van der Waals surface area (Å²) >= 11 is 9.18. The maximum atomic E-state index is 12.7. The minimum absolute atomic E-state index is 0.0565. The Morgan fingerprint density at radius 2 is 2.00 bits per heavy atom. The fraction of sp³-hybridized carbons (Fsp3) is 0.0667. The maximum absolute atomic E-state index is 12.7. The van der Waals surface area contributed by atoms with Crippen LogP contribution in [0.25, 0.3) is 0 Å². The van der Waals surface area contributed by atoms with Crippen LogP contribution in [-0.4, -0.2) is 18.7 Å². The lowest BCUT2D eigenvalue weighted by molar-refractivity contribution is -0.119. The Morgan fingerprint density at radius 1 is 1.27 bits per heavy atom. The molecule has 0 fully saturated rings. The molecule has 114 valence electrons. The van der Waals surface area contributed by atoms with Gasteiger partial charge in [-0.15, -0.1) is 0 Å². The Labute approximate surface area is 140 Å². The lowest BCUT2D eigenvalue weighted by Crippen LogP contribution is -2.26. The number of nitrogens with one attached hydrogen (secondary N) is 2. The predicted molar refractivity (Wildman–Crippen MR) is 89.8 cm³/mol. The quantitative estimate of drug-likeness (QED) is 0.608. The van der Waals surface area contributed by atoms with Crippen molar-refractivity contribution in [1.82, 2.24) is 5.43 Å². The number of hydrogen-bond acceptors (Lipinski definition) is 3. The van der Waals surface area contributed by atoms with Gasteiger partial charge in [-0.2, -0.15) is 5.10 Å². The fourth-order valence-electron chi connectivity index (χ4n) is 1.58. The average molecular weight is 385 g/mol. The average Bonchev–Trinajstić information content (AvgIpc) is 2.48. The maximum Gasteiger partial charge on any atom is 0.259 e. The van der Waals surface area contributed by atoms with E-state index in [1.54, 1.807) is 30.3 Å². The van der Waals surface area contributed by atoms with E-state index in [1.807, 2.05) is 0 Å². The van der Waals surface area contributed by atoms with Gasteiger partial charge in [-0.3, -0.25) is 4.79 Å². The van der Waals surface area contributed by atoms with E-state index in [9.17, 15) is 9.18 Å². The van der Waals surface area contributed by atoms with E-state index in [4.69, 9.17) is 11.6 Å². The number of rotatable bonds is 5. The molecule has 2 aromatic carbocycles. The summed E-state index contributed by atoms with van der Waals surface area (Å²) in [4.78, 5) is 11.7. The molecular weight excluding hydrogens is 373 g/mol. The van der Waals surface area contributed by atoms with Crippen molar-refractivity contribution in [2.24, 2.45) is 5.10 Å². The summed E-state index contributed by atoms with van der Waals surface area (Å²) in [6.45, 7) is 0.0565. The van der Waals surface area contributed by atoms with Crippen LogP contribution in [0.4, 0.5) is 10.1 Å². The molecule has 2 aromatic rings. The third-order valence-corrected chi connectivity index (χ3v) is 3.53. The lowest BCUT2D eigenvalue weighted by Gasteiger charge is -2.07. The molecular formula is C15H12BrClFN3O. The first kappa shape index (κ1) is 16.5.